The third-order valence-electron chi connectivity index (χ3n) is 6.33. The van der Waals surface area contributed by atoms with Crippen LogP contribution in [0.5, 0.6) is 0 Å². The zero-order valence-electron chi connectivity index (χ0n) is 18.2. The molecular formula is C23H24N4O5S. The summed E-state index contributed by atoms with van der Waals surface area (Å²) in [4.78, 5) is 21.3. The van der Waals surface area contributed by atoms with Gasteiger partial charge in [-0.15, -0.1) is 0 Å². The summed E-state index contributed by atoms with van der Waals surface area (Å²) in [6.07, 6.45) is 4.13. The van der Waals surface area contributed by atoms with Crippen molar-refractivity contribution in [2.24, 2.45) is 5.92 Å². The molecule has 9 nitrogen and oxygen atoms in total. The van der Waals surface area contributed by atoms with Gasteiger partial charge in [0.25, 0.3) is 10.0 Å². The number of rotatable bonds is 5. The molecule has 1 saturated carbocycles. The van der Waals surface area contributed by atoms with Gasteiger partial charge in [-0.05, 0) is 44.4 Å². The normalized spacial score (nSPS) is 19.8. The number of pyridine rings is 1. The standard InChI is InChI=1S/C23H24N4O5S/c1-14(28)21-25-19-13-24-22-18(10-11-26(22)33(30,31)17-6-4-3-5-7-17)20(19)27(21)16-9-8-15(12-16)23(29)32-2/h3-7,10-11,13-16,28H,8-9,12H2,1-2H3/t14-,15-,16+/m1/s1. The molecule has 1 fully saturated rings. The molecule has 4 aromatic rings. The molecule has 0 spiro atoms. The highest BCUT2D eigenvalue weighted by atomic mass is 32.2. The average molecular weight is 469 g/mol. The van der Waals surface area contributed by atoms with Gasteiger partial charge in [-0.3, -0.25) is 4.79 Å². The van der Waals surface area contributed by atoms with E-state index in [-0.39, 0.29) is 28.5 Å². The zero-order chi connectivity index (χ0) is 23.3. The first-order valence-corrected chi connectivity index (χ1v) is 12.2. The number of fused-ring (bicyclic) bond motifs is 3. The SMILES string of the molecule is COC(=O)[C@@H]1CC[C@H](n2c([C@@H](C)O)nc3cnc4c(ccn4S(=O)(=O)c4ccccc4)c32)C1. The molecule has 1 aliphatic carbocycles. The predicted octanol–water partition coefficient (Wildman–Crippen LogP) is 3.19. The van der Waals surface area contributed by atoms with E-state index in [1.165, 1.54) is 23.5 Å². The maximum atomic E-state index is 13.3. The predicted molar refractivity (Wildman–Crippen MR) is 121 cm³/mol. The molecule has 3 aromatic heterocycles. The smallest absolute Gasteiger partial charge is 0.308 e. The molecule has 3 atom stereocenters. The van der Waals surface area contributed by atoms with E-state index in [2.05, 4.69) is 9.97 Å². The minimum absolute atomic E-state index is 0.0802. The maximum Gasteiger partial charge on any atom is 0.308 e. The van der Waals surface area contributed by atoms with E-state index in [1.54, 1.807) is 43.3 Å². The number of methoxy groups -OCH3 is 1. The van der Waals surface area contributed by atoms with Crippen LogP contribution in [-0.2, 0) is 19.6 Å². The van der Waals surface area contributed by atoms with Gasteiger partial charge in [0.2, 0.25) is 0 Å². The van der Waals surface area contributed by atoms with E-state index in [1.807, 2.05) is 4.57 Å². The topological polar surface area (TPSA) is 116 Å². The van der Waals surface area contributed by atoms with Crippen molar-refractivity contribution in [2.75, 3.05) is 7.11 Å². The van der Waals surface area contributed by atoms with Crippen LogP contribution in [0, 0.1) is 5.92 Å². The summed E-state index contributed by atoms with van der Waals surface area (Å²) in [5.41, 5.74) is 1.55. The van der Waals surface area contributed by atoms with Crippen molar-refractivity contribution in [3.05, 3.63) is 54.6 Å². The van der Waals surface area contributed by atoms with Crippen molar-refractivity contribution >= 4 is 38.1 Å². The van der Waals surface area contributed by atoms with Crippen molar-refractivity contribution in [1.82, 2.24) is 18.5 Å². The summed E-state index contributed by atoms with van der Waals surface area (Å²) >= 11 is 0. The Bertz CT molecular complexity index is 1460. The highest BCUT2D eigenvalue weighted by molar-refractivity contribution is 7.90. The van der Waals surface area contributed by atoms with Crippen LogP contribution in [0.2, 0.25) is 0 Å². The molecule has 1 aliphatic rings. The molecular weight excluding hydrogens is 444 g/mol. The summed E-state index contributed by atoms with van der Waals surface area (Å²) in [6, 6.07) is 9.82. The Morgan fingerprint density at radius 2 is 1.97 bits per heavy atom. The number of benzene rings is 1. The van der Waals surface area contributed by atoms with Crippen LogP contribution in [0.3, 0.4) is 0 Å². The molecule has 0 radical (unpaired) electrons. The number of carbonyl (C=O) groups is 1. The van der Waals surface area contributed by atoms with E-state index in [0.29, 0.717) is 35.1 Å². The van der Waals surface area contributed by atoms with Gasteiger partial charge in [-0.2, -0.15) is 0 Å². The number of ether oxygens (including phenoxy) is 1. The van der Waals surface area contributed by atoms with Crippen LogP contribution in [0.25, 0.3) is 22.1 Å². The van der Waals surface area contributed by atoms with Gasteiger partial charge < -0.3 is 14.4 Å². The Balaban J connectivity index is 1.70. The first kappa shape index (κ1) is 21.6. The first-order chi connectivity index (χ1) is 15.8. The molecule has 33 heavy (non-hydrogen) atoms. The van der Waals surface area contributed by atoms with Crippen molar-refractivity contribution in [3.63, 3.8) is 0 Å². The second kappa shape index (κ2) is 7.96. The fourth-order valence-electron chi connectivity index (χ4n) is 4.80. The Labute approximate surface area is 190 Å². The van der Waals surface area contributed by atoms with E-state index < -0.39 is 16.1 Å². The average Bonchev–Trinajstić information content (AvgIpc) is 3.54. The van der Waals surface area contributed by atoms with Gasteiger partial charge in [-0.1, -0.05) is 18.2 Å². The highest BCUT2D eigenvalue weighted by Gasteiger charge is 2.35. The second-order valence-electron chi connectivity index (χ2n) is 8.36. The molecule has 172 valence electrons. The molecule has 5 rings (SSSR count). The second-order valence-corrected chi connectivity index (χ2v) is 10.2. The zero-order valence-corrected chi connectivity index (χ0v) is 19.1. The lowest BCUT2D eigenvalue weighted by Crippen LogP contribution is -2.16. The van der Waals surface area contributed by atoms with Crippen LogP contribution in [0.4, 0.5) is 0 Å². The number of hydrogen-bond donors (Lipinski definition) is 1. The molecule has 1 aromatic carbocycles. The Morgan fingerprint density at radius 1 is 1.21 bits per heavy atom. The molecule has 10 heteroatoms. The summed E-state index contributed by atoms with van der Waals surface area (Å²) in [5.74, 6) is 0.000560. The number of aliphatic hydroxyl groups is 1. The summed E-state index contributed by atoms with van der Waals surface area (Å²) in [6.45, 7) is 1.64. The molecule has 0 unspecified atom stereocenters. The van der Waals surface area contributed by atoms with Gasteiger partial charge in [-0.25, -0.2) is 22.4 Å². The highest BCUT2D eigenvalue weighted by Crippen LogP contribution is 2.40. The van der Waals surface area contributed by atoms with Crippen molar-refractivity contribution in [2.45, 2.75) is 43.2 Å². The van der Waals surface area contributed by atoms with Crippen molar-refractivity contribution < 1.29 is 23.1 Å². The number of nitrogens with zero attached hydrogens (tertiary/aromatic N) is 4. The number of esters is 1. The van der Waals surface area contributed by atoms with E-state index in [4.69, 9.17) is 4.74 Å². The largest absolute Gasteiger partial charge is 0.469 e. The van der Waals surface area contributed by atoms with Gasteiger partial charge in [0.15, 0.2) is 5.65 Å². The monoisotopic (exact) mass is 468 g/mol. The minimum atomic E-state index is -3.84. The number of aromatic nitrogens is 4. The van der Waals surface area contributed by atoms with Gasteiger partial charge in [0, 0.05) is 17.6 Å². The van der Waals surface area contributed by atoms with E-state index in [0.717, 1.165) is 6.42 Å². The van der Waals surface area contributed by atoms with Crippen LogP contribution in [-0.4, -0.2) is 45.1 Å². The molecule has 0 bridgehead atoms. The summed E-state index contributed by atoms with van der Waals surface area (Å²) in [7, 11) is -2.46. The molecule has 0 aliphatic heterocycles. The number of imidazole rings is 1. The third-order valence-corrected chi connectivity index (χ3v) is 8.01. The van der Waals surface area contributed by atoms with Crippen LogP contribution in [0.1, 0.15) is 44.2 Å². The Hall–Kier alpha value is -3.24. The quantitative estimate of drug-likeness (QED) is 0.447. The fraction of sp³-hybridized carbons (Fsp3) is 0.348. The lowest BCUT2D eigenvalue weighted by atomic mass is 10.1. The Morgan fingerprint density at radius 3 is 2.67 bits per heavy atom. The van der Waals surface area contributed by atoms with Crippen molar-refractivity contribution in [3.8, 4) is 0 Å². The van der Waals surface area contributed by atoms with Crippen molar-refractivity contribution in [1.29, 1.82) is 0 Å². The van der Waals surface area contributed by atoms with E-state index >= 15 is 0 Å². The lowest BCUT2D eigenvalue weighted by molar-refractivity contribution is -0.145. The molecule has 1 N–H and O–H groups in total. The fourth-order valence-corrected chi connectivity index (χ4v) is 6.13. The van der Waals surface area contributed by atoms with Crippen LogP contribution >= 0.6 is 0 Å². The summed E-state index contributed by atoms with van der Waals surface area (Å²) < 4.78 is 34.6. The van der Waals surface area contributed by atoms with Gasteiger partial charge in [0.1, 0.15) is 17.4 Å². The molecule has 0 saturated heterocycles. The third kappa shape index (κ3) is 3.41. The first-order valence-electron chi connectivity index (χ1n) is 10.8. The number of aliphatic hydroxyl groups excluding tert-OH is 1. The lowest BCUT2D eigenvalue weighted by Gasteiger charge is -2.18. The minimum Gasteiger partial charge on any atom is -0.469 e. The van der Waals surface area contributed by atoms with Crippen LogP contribution in [0.15, 0.2) is 53.7 Å². The summed E-state index contributed by atoms with van der Waals surface area (Å²) in [5, 5.41) is 11.1. The molecule has 0 amide bonds. The van der Waals surface area contributed by atoms with Gasteiger partial charge in [0.05, 0.1) is 29.6 Å². The van der Waals surface area contributed by atoms with Crippen LogP contribution < -0.4 is 0 Å². The number of carbonyl (C=O) groups excluding carboxylic acids is 1. The Kier molecular flexibility index (Phi) is 5.21. The number of hydrogen-bond acceptors (Lipinski definition) is 7. The van der Waals surface area contributed by atoms with E-state index in [9.17, 15) is 18.3 Å². The van der Waals surface area contributed by atoms with Gasteiger partial charge >= 0.3 is 5.97 Å². The maximum absolute atomic E-state index is 13.3. The molecule has 3 heterocycles.